The summed E-state index contributed by atoms with van der Waals surface area (Å²) < 4.78 is 127. The number of carbonyl (C=O) groups is 1. The number of halogens is 6. The lowest BCUT2D eigenvalue weighted by atomic mass is 10.1. The van der Waals surface area contributed by atoms with Crippen LogP contribution >= 0.6 is 7.14 Å². The highest BCUT2D eigenvalue weighted by Gasteiger charge is 2.47. The van der Waals surface area contributed by atoms with Crippen LogP contribution in [-0.4, -0.2) is 57.2 Å². The fourth-order valence-corrected chi connectivity index (χ4v) is 8.11. The van der Waals surface area contributed by atoms with Gasteiger partial charge in [-0.15, -0.1) is 0 Å². The Labute approximate surface area is 253 Å². The lowest BCUT2D eigenvalue weighted by Crippen LogP contribution is -2.30. The van der Waals surface area contributed by atoms with E-state index in [-0.39, 0.29) is 12.1 Å². The first-order valence-corrected chi connectivity index (χ1v) is 18.5. The number of aryl methyl sites for hydroxylation is 2. The minimum atomic E-state index is -6.72. The molecule has 44 heavy (non-hydrogen) atoms. The number of nitrogens with one attached hydrogen (secondary N) is 1. The molecule has 0 aliphatic heterocycles. The molecule has 0 saturated carbocycles. The molecule has 0 spiro atoms. The van der Waals surface area contributed by atoms with Crippen molar-refractivity contribution in [3.63, 3.8) is 0 Å². The summed E-state index contributed by atoms with van der Waals surface area (Å²) in [4.78, 5) is 12.5. The zero-order valence-electron chi connectivity index (χ0n) is 24.2. The van der Waals surface area contributed by atoms with E-state index in [4.69, 9.17) is 0 Å². The Hall–Kier alpha value is -2.43. The maximum Gasteiger partial charge on any atom is 0.480 e. The first kappa shape index (κ1) is 39.6. The maximum atomic E-state index is 13.7. The first-order chi connectivity index (χ1) is 20.2. The third-order valence-corrected chi connectivity index (χ3v) is 11.8. The first-order valence-electron chi connectivity index (χ1n) is 13.5. The van der Waals surface area contributed by atoms with Gasteiger partial charge < -0.3 is 14.0 Å². The van der Waals surface area contributed by atoms with Gasteiger partial charge in [-0.05, 0) is 6.42 Å². The number of alkyl halides is 6. The van der Waals surface area contributed by atoms with Gasteiger partial charge in [0.1, 0.15) is 19.5 Å². The predicted octanol–water partition coefficient (Wildman–Crippen LogP) is 4.93. The molecule has 10 nitrogen and oxygen atoms in total. The molecule has 0 fully saturated rings. The number of amides is 1. The van der Waals surface area contributed by atoms with Gasteiger partial charge in [-0.1, -0.05) is 69.4 Å². The van der Waals surface area contributed by atoms with Crippen molar-refractivity contribution in [2.24, 2.45) is 7.05 Å². The predicted molar refractivity (Wildman–Crippen MR) is 153 cm³/mol. The molecule has 1 aromatic heterocycles. The molecule has 1 heterocycles. The van der Waals surface area contributed by atoms with E-state index < -0.39 is 38.2 Å². The summed E-state index contributed by atoms with van der Waals surface area (Å²) in [6, 6.07) is 9.59. The van der Waals surface area contributed by atoms with Crippen LogP contribution in [0.4, 0.5) is 26.3 Å². The van der Waals surface area contributed by atoms with E-state index in [9.17, 15) is 52.5 Å². The van der Waals surface area contributed by atoms with Crippen molar-refractivity contribution in [3.05, 3.63) is 53.2 Å². The summed E-state index contributed by atoms with van der Waals surface area (Å²) in [6.45, 7) is 3.67. The molecule has 2 aromatic rings. The van der Waals surface area contributed by atoms with Crippen molar-refractivity contribution < 1.29 is 57.1 Å². The second kappa shape index (κ2) is 17.3. The average molecular weight is 699 g/mol. The topological polar surface area (TPSA) is 137 Å². The van der Waals surface area contributed by atoms with Crippen LogP contribution in [0.1, 0.15) is 51.9 Å². The summed E-state index contributed by atoms with van der Waals surface area (Å²) in [5.41, 5.74) is -12.4. The van der Waals surface area contributed by atoms with E-state index in [1.807, 2.05) is 60.7 Å². The van der Waals surface area contributed by atoms with Gasteiger partial charge in [-0.25, -0.2) is 26.0 Å². The third-order valence-electron chi connectivity index (χ3n) is 6.02. The molecular formula is C25H37F6N4O6PS2. The minimum absolute atomic E-state index is 0.0961. The smallest absolute Gasteiger partial charge is 0.421 e. The third kappa shape index (κ3) is 13.7. The van der Waals surface area contributed by atoms with Crippen LogP contribution < -0.4 is 15.2 Å². The van der Waals surface area contributed by atoms with Gasteiger partial charge in [0.2, 0.25) is 12.2 Å². The maximum absolute atomic E-state index is 13.7. The minimum Gasteiger partial charge on any atom is -0.421 e. The van der Waals surface area contributed by atoms with E-state index in [0.717, 1.165) is 35.2 Å². The fraction of sp³-hybridized carbons (Fsp3) is 0.600. The van der Waals surface area contributed by atoms with E-state index in [1.165, 1.54) is 25.7 Å². The van der Waals surface area contributed by atoms with Crippen LogP contribution in [0.3, 0.4) is 0 Å². The lowest BCUT2D eigenvalue weighted by molar-refractivity contribution is -0.671. The van der Waals surface area contributed by atoms with Gasteiger partial charge >= 0.3 is 11.0 Å². The number of aromatic nitrogens is 2. The van der Waals surface area contributed by atoms with E-state index >= 15 is 0 Å². The van der Waals surface area contributed by atoms with Crippen molar-refractivity contribution in [3.8, 4) is 0 Å². The van der Waals surface area contributed by atoms with Crippen molar-refractivity contribution in [2.45, 2.75) is 69.4 Å². The number of sulfonamides is 2. The highest BCUT2D eigenvalue weighted by molar-refractivity contribution is 8.13. The summed E-state index contributed by atoms with van der Waals surface area (Å²) >= 11 is 0. The summed E-state index contributed by atoms with van der Waals surface area (Å²) in [5.74, 6) is -0.0961. The Morgan fingerprint density at radius 2 is 1.45 bits per heavy atom. The van der Waals surface area contributed by atoms with Gasteiger partial charge in [0.25, 0.3) is 0 Å². The quantitative estimate of drug-likeness (QED) is 0.114. The molecule has 1 aromatic carbocycles. The van der Waals surface area contributed by atoms with Crippen LogP contribution in [0.2, 0.25) is 0 Å². The van der Waals surface area contributed by atoms with Crippen LogP contribution in [0.5, 0.6) is 0 Å². The number of nitrogens with zero attached hydrogens (tertiary/aromatic N) is 3. The number of imidazole rings is 1. The van der Waals surface area contributed by atoms with Gasteiger partial charge in [-0.2, -0.15) is 26.3 Å². The number of carbonyl (C=O) groups excluding carboxylic acids is 1. The molecule has 1 amide bonds. The number of hydrogen-bond acceptors (Lipinski definition) is 6. The summed E-state index contributed by atoms with van der Waals surface area (Å²) in [6.07, 6.45) is 14.6. The number of hydrogen-bond donors (Lipinski definition) is 1. The molecular weight excluding hydrogens is 661 g/mol. The second-order valence-electron chi connectivity index (χ2n) is 9.81. The lowest BCUT2D eigenvalue weighted by Gasteiger charge is -2.22. The van der Waals surface area contributed by atoms with Crippen molar-refractivity contribution in [1.29, 1.82) is 0 Å². The van der Waals surface area contributed by atoms with Crippen LogP contribution in [0.25, 0.3) is 4.13 Å². The highest BCUT2D eigenvalue weighted by atomic mass is 32.3. The fourth-order valence-electron chi connectivity index (χ4n) is 3.77. The number of rotatable bonds is 16. The van der Waals surface area contributed by atoms with Gasteiger partial charge in [0.05, 0.1) is 19.8 Å². The highest BCUT2D eigenvalue weighted by Crippen LogP contribution is 2.45. The zero-order chi connectivity index (χ0) is 33.7. The van der Waals surface area contributed by atoms with E-state index in [0.29, 0.717) is 12.7 Å². The molecule has 0 saturated heterocycles. The molecule has 1 unspecified atom stereocenters. The Morgan fingerprint density at radius 3 is 1.95 bits per heavy atom. The SMILES string of the molecule is CCCCCCCCP(=O)(CC(=O)NCCCn1cc[n+](C)c1)c1ccccc1.O=S(=O)([N-]S(=O)(=O)C(F)(F)F)C(F)(F)F. The molecule has 0 bridgehead atoms. The Bertz CT molecular complexity index is 1390. The number of unbranched alkanes of at least 4 members (excludes halogenated alkanes) is 5. The molecule has 19 heteroatoms. The van der Waals surface area contributed by atoms with Crippen molar-refractivity contribution in [1.82, 2.24) is 9.88 Å². The second-order valence-corrected chi connectivity index (χ2v) is 16.3. The van der Waals surface area contributed by atoms with E-state index in [2.05, 4.69) is 16.8 Å². The Morgan fingerprint density at radius 1 is 0.909 bits per heavy atom. The molecule has 1 atom stereocenters. The standard InChI is InChI=1S/C23H36N3O2P.C2F6NO4S2/c1-3-4-5-6-7-11-19-29(28,22-13-9-8-10-14-22)20-23(27)24-15-12-16-26-18-17-25(2)21-26;3-1(4,5)14(10,11)9-15(12,13)2(6,7)8/h8-10,13-14,17-18,21H,3-7,11-12,15-16,19-20H2,1-2H3;/q;-1/p+1. The van der Waals surface area contributed by atoms with Crippen LogP contribution in [0.15, 0.2) is 49.1 Å². The summed E-state index contributed by atoms with van der Waals surface area (Å²) in [7, 11) is -14.2. The average Bonchev–Trinajstić information content (AvgIpc) is 3.32. The van der Waals surface area contributed by atoms with Crippen LogP contribution in [0, 0.1) is 0 Å². The van der Waals surface area contributed by atoms with Crippen molar-refractivity contribution in [2.75, 3.05) is 18.9 Å². The normalized spacial score (nSPS) is 13.9. The Kier molecular flexibility index (Phi) is 15.6. The summed E-state index contributed by atoms with van der Waals surface area (Å²) in [5, 5.41) is 3.81. The van der Waals surface area contributed by atoms with Gasteiger partial charge in [0, 0.05) is 24.4 Å². The molecule has 0 radical (unpaired) electrons. The zero-order valence-corrected chi connectivity index (χ0v) is 26.7. The van der Waals surface area contributed by atoms with E-state index in [1.54, 1.807) is 0 Å². The van der Waals surface area contributed by atoms with Gasteiger partial charge in [-0.3, -0.25) is 4.79 Å². The molecule has 1 N–H and O–H groups in total. The molecule has 0 aliphatic carbocycles. The molecule has 252 valence electrons. The molecule has 0 aliphatic rings. The number of benzene rings is 1. The monoisotopic (exact) mass is 698 g/mol. The van der Waals surface area contributed by atoms with Gasteiger partial charge in [0.15, 0.2) is 20.0 Å². The Balaban J connectivity index is 0.000000546. The van der Waals surface area contributed by atoms with Crippen LogP contribution in [-0.2, 0) is 43.0 Å². The molecule has 2 rings (SSSR count). The van der Waals surface area contributed by atoms with Crippen molar-refractivity contribution >= 4 is 38.4 Å². The largest absolute Gasteiger partial charge is 0.480 e.